The first-order chi connectivity index (χ1) is 12.6. The number of carboxylic acids is 1. The largest absolute Gasteiger partial charge is 0.493 e. The van der Waals surface area contributed by atoms with E-state index in [-0.39, 0.29) is 6.42 Å². The first kappa shape index (κ1) is 17.9. The highest BCUT2D eigenvalue weighted by Crippen LogP contribution is 2.36. The average Bonchev–Trinajstić information content (AvgIpc) is 3.08. The fourth-order valence-electron chi connectivity index (χ4n) is 2.71. The van der Waals surface area contributed by atoms with Gasteiger partial charge in [-0.15, -0.1) is 11.3 Å². The Morgan fingerprint density at radius 2 is 1.92 bits per heavy atom. The minimum Gasteiger partial charge on any atom is -0.493 e. The van der Waals surface area contributed by atoms with Crippen molar-refractivity contribution in [1.82, 2.24) is 4.98 Å². The Kier molecular flexibility index (Phi) is 5.53. The molecule has 2 aromatic carbocycles. The summed E-state index contributed by atoms with van der Waals surface area (Å²) in [5, 5.41) is 9.93. The maximum absolute atomic E-state index is 11.1. The molecule has 134 valence electrons. The van der Waals surface area contributed by atoms with Gasteiger partial charge in [0, 0.05) is 12.0 Å². The van der Waals surface area contributed by atoms with Crippen LogP contribution in [0, 0.1) is 0 Å². The number of allylic oxidation sites excluding steroid dienone is 1. The van der Waals surface area contributed by atoms with Crippen molar-refractivity contribution in [1.29, 1.82) is 0 Å². The average molecular weight is 369 g/mol. The van der Waals surface area contributed by atoms with Crippen molar-refractivity contribution in [3.8, 4) is 11.5 Å². The summed E-state index contributed by atoms with van der Waals surface area (Å²) in [6, 6.07) is 13.5. The number of hydrogen-bond donors (Lipinski definition) is 1. The van der Waals surface area contributed by atoms with Crippen LogP contribution in [0.15, 0.2) is 42.5 Å². The third-order valence-electron chi connectivity index (χ3n) is 3.94. The monoisotopic (exact) mass is 369 g/mol. The summed E-state index contributed by atoms with van der Waals surface area (Å²) in [5.41, 5.74) is 2.60. The van der Waals surface area contributed by atoms with Gasteiger partial charge in [-0.3, -0.25) is 4.79 Å². The molecule has 0 atom stereocenters. The van der Waals surface area contributed by atoms with E-state index in [0.29, 0.717) is 17.9 Å². The molecular weight excluding hydrogens is 350 g/mol. The van der Waals surface area contributed by atoms with Gasteiger partial charge >= 0.3 is 5.97 Å². The number of methoxy groups -OCH3 is 2. The second kappa shape index (κ2) is 8.01. The van der Waals surface area contributed by atoms with Gasteiger partial charge in [-0.25, -0.2) is 4.98 Å². The zero-order valence-corrected chi connectivity index (χ0v) is 15.4. The zero-order chi connectivity index (χ0) is 18.5. The third kappa shape index (κ3) is 3.86. The van der Waals surface area contributed by atoms with Crippen LogP contribution in [-0.4, -0.2) is 30.3 Å². The molecule has 26 heavy (non-hydrogen) atoms. The maximum Gasteiger partial charge on any atom is 0.303 e. The van der Waals surface area contributed by atoms with Crippen LogP contribution in [0.5, 0.6) is 11.5 Å². The molecule has 0 bridgehead atoms. The molecule has 3 rings (SSSR count). The Hall–Kier alpha value is -2.86. The molecule has 0 fully saturated rings. The number of rotatable bonds is 7. The first-order valence-corrected chi connectivity index (χ1v) is 8.93. The minimum absolute atomic E-state index is 0.0358. The van der Waals surface area contributed by atoms with Crippen LogP contribution in [0.3, 0.4) is 0 Å². The molecule has 1 heterocycles. The predicted molar refractivity (Wildman–Crippen MR) is 104 cm³/mol. The highest BCUT2D eigenvalue weighted by atomic mass is 32.1. The summed E-state index contributed by atoms with van der Waals surface area (Å²) in [6.45, 7) is 0. The van der Waals surface area contributed by atoms with Crippen LogP contribution in [0.2, 0.25) is 0 Å². The predicted octanol–water partition coefficient (Wildman–Crippen LogP) is 4.72. The van der Waals surface area contributed by atoms with E-state index < -0.39 is 5.97 Å². The van der Waals surface area contributed by atoms with E-state index in [1.807, 2.05) is 48.5 Å². The summed E-state index contributed by atoms with van der Waals surface area (Å²) in [7, 11) is 3.17. The summed E-state index contributed by atoms with van der Waals surface area (Å²) in [4.78, 5) is 15.8. The van der Waals surface area contributed by atoms with Gasteiger partial charge in [0.15, 0.2) is 11.5 Å². The van der Waals surface area contributed by atoms with Crippen molar-refractivity contribution in [3.63, 3.8) is 0 Å². The van der Waals surface area contributed by atoms with Gasteiger partial charge in [0.1, 0.15) is 5.01 Å². The molecule has 5 nitrogen and oxygen atoms in total. The van der Waals surface area contributed by atoms with Gasteiger partial charge in [-0.2, -0.15) is 0 Å². The number of nitrogens with zero attached hydrogens (tertiary/aromatic N) is 1. The molecule has 6 heteroatoms. The number of fused-ring (bicyclic) bond motifs is 1. The van der Waals surface area contributed by atoms with Crippen LogP contribution in [-0.2, 0) is 4.79 Å². The molecule has 0 aliphatic carbocycles. The lowest BCUT2D eigenvalue weighted by atomic mass is 10.1. The fourth-order valence-corrected chi connectivity index (χ4v) is 3.71. The van der Waals surface area contributed by atoms with Crippen molar-refractivity contribution >= 4 is 39.2 Å². The zero-order valence-electron chi connectivity index (χ0n) is 14.6. The number of carbonyl (C=O) groups is 1. The molecule has 0 aliphatic heterocycles. The van der Waals surface area contributed by atoms with Crippen LogP contribution >= 0.6 is 11.3 Å². The summed E-state index contributed by atoms with van der Waals surface area (Å²) < 4.78 is 11.9. The van der Waals surface area contributed by atoms with Crippen molar-refractivity contribution in [2.75, 3.05) is 14.2 Å². The quantitative estimate of drug-likeness (QED) is 0.653. The molecule has 0 aliphatic rings. The molecular formula is C20H19NO4S. The Labute approximate surface area is 155 Å². The van der Waals surface area contributed by atoms with Crippen LogP contribution in [0.25, 0.3) is 21.9 Å². The maximum atomic E-state index is 11.1. The van der Waals surface area contributed by atoms with E-state index >= 15 is 0 Å². The summed E-state index contributed by atoms with van der Waals surface area (Å²) in [6.07, 6.45) is 2.35. The van der Waals surface area contributed by atoms with E-state index in [0.717, 1.165) is 26.4 Å². The van der Waals surface area contributed by atoms with Gasteiger partial charge in [0.25, 0.3) is 0 Å². The van der Waals surface area contributed by atoms with Crippen molar-refractivity contribution in [2.45, 2.75) is 12.8 Å². The smallest absolute Gasteiger partial charge is 0.303 e. The third-order valence-corrected chi connectivity index (χ3v) is 5.05. The molecule has 3 aromatic rings. The van der Waals surface area contributed by atoms with Crippen molar-refractivity contribution < 1.29 is 19.4 Å². The Morgan fingerprint density at radius 1 is 1.12 bits per heavy atom. The van der Waals surface area contributed by atoms with Gasteiger partial charge in [0.05, 0.1) is 24.4 Å². The lowest BCUT2D eigenvalue weighted by molar-refractivity contribution is -0.136. The highest BCUT2D eigenvalue weighted by Gasteiger charge is 2.14. The molecule has 0 saturated carbocycles. The lowest BCUT2D eigenvalue weighted by Gasteiger charge is -2.11. The van der Waals surface area contributed by atoms with Crippen LogP contribution in [0.1, 0.15) is 23.4 Å². The van der Waals surface area contributed by atoms with Gasteiger partial charge in [0.2, 0.25) is 0 Å². The molecule has 0 amide bonds. The van der Waals surface area contributed by atoms with Gasteiger partial charge in [-0.1, -0.05) is 24.3 Å². The lowest BCUT2D eigenvalue weighted by Crippen LogP contribution is -1.97. The van der Waals surface area contributed by atoms with E-state index in [2.05, 4.69) is 4.98 Å². The molecule has 1 aromatic heterocycles. The number of ether oxygens (including phenoxy) is 2. The molecule has 0 saturated heterocycles. The van der Waals surface area contributed by atoms with E-state index in [4.69, 9.17) is 14.6 Å². The molecule has 0 spiro atoms. The number of aromatic nitrogens is 1. The van der Waals surface area contributed by atoms with Crippen LogP contribution < -0.4 is 9.47 Å². The fraction of sp³-hybridized carbons (Fsp3) is 0.200. The van der Waals surface area contributed by atoms with E-state index in [1.54, 1.807) is 25.6 Å². The summed E-state index contributed by atoms with van der Waals surface area (Å²) in [5.74, 6) is 0.404. The second-order valence-corrected chi connectivity index (χ2v) is 6.66. The standard InChI is InChI=1S/C20H19NO4S/c1-24-16-8-5-6-13(19(16)25-2)12-14(10-11-18(22)23)20-21-15-7-3-4-9-17(15)26-20/h3-9,12H,10-11H2,1-2H3,(H,22,23)/b14-12+. The first-order valence-electron chi connectivity index (χ1n) is 8.11. The number of benzene rings is 2. The number of para-hydroxylation sites is 2. The number of thiazole rings is 1. The topological polar surface area (TPSA) is 68.7 Å². The van der Waals surface area contributed by atoms with E-state index in [9.17, 15) is 4.79 Å². The number of aliphatic carboxylic acids is 1. The van der Waals surface area contributed by atoms with Gasteiger partial charge in [-0.05, 0) is 36.3 Å². The normalized spacial score (nSPS) is 11.5. The van der Waals surface area contributed by atoms with Crippen LogP contribution in [0.4, 0.5) is 0 Å². The molecule has 0 unspecified atom stereocenters. The molecule has 0 radical (unpaired) electrons. The number of carboxylic acid groups (broad SMARTS) is 1. The van der Waals surface area contributed by atoms with Crippen molar-refractivity contribution in [2.24, 2.45) is 0 Å². The summed E-state index contributed by atoms with van der Waals surface area (Å²) >= 11 is 1.56. The number of hydrogen-bond acceptors (Lipinski definition) is 5. The highest BCUT2D eigenvalue weighted by molar-refractivity contribution is 7.19. The van der Waals surface area contributed by atoms with E-state index in [1.165, 1.54) is 0 Å². The Morgan fingerprint density at radius 3 is 2.62 bits per heavy atom. The second-order valence-electron chi connectivity index (χ2n) is 5.63. The Bertz CT molecular complexity index is 928. The van der Waals surface area contributed by atoms with Gasteiger partial charge < -0.3 is 14.6 Å². The minimum atomic E-state index is -0.838. The van der Waals surface area contributed by atoms with Crippen molar-refractivity contribution in [3.05, 3.63) is 53.0 Å². The Balaban J connectivity index is 2.09. The SMILES string of the molecule is COc1cccc(/C=C(\CCC(=O)O)c2nc3ccccc3s2)c1OC. The molecule has 1 N–H and O–H groups in total.